The second kappa shape index (κ2) is 7.67. The van der Waals surface area contributed by atoms with E-state index in [0.29, 0.717) is 0 Å². The SMILES string of the molecule is BrC1(C(OC(C2CO2)C2(Br)C=Cc3ccccc3C2)C2CO2)C=Cc2ccccc2C1. The molecule has 31 heavy (non-hydrogen) atoms. The van der Waals surface area contributed by atoms with E-state index in [2.05, 4.69) is 105 Å². The molecular formula is C26H24Br2O3. The Morgan fingerprint density at radius 1 is 0.742 bits per heavy atom. The molecule has 2 saturated heterocycles. The van der Waals surface area contributed by atoms with E-state index < -0.39 is 0 Å². The zero-order chi connectivity index (χ0) is 21.1. The maximum Gasteiger partial charge on any atom is 0.109 e. The summed E-state index contributed by atoms with van der Waals surface area (Å²) in [5.74, 6) is 0. The fourth-order valence-electron chi connectivity index (χ4n) is 4.90. The maximum atomic E-state index is 6.97. The van der Waals surface area contributed by atoms with Gasteiger partial charge >= 0.3 is 0 Å². The van der Waals surface area contributed by atoms with Crippen molar-refractivity contribution in [1.29, 1.82) is 0 Å². The highest BCUT2D eigenvalue weighted by Crippen LogP contribution is 2.46. The Bertz CT molecular complexity index is 975. The number of rotatable bonds is 6. The van der Waals surface area contributed by atoms with Gasteiger partial charge in [0.05, 0.1) is 21.9 Å². The lowest BCUT2D eigenvalue weighted by molar-refractivity contribution is -0.0577. The lowest BCUT2D eigenvalue weighted by Crippen LogP contribution is -2.52. The van der Waals surface area contributed by atoms with Crippen LogP contribution in [0.2, 0.25) is 0 Å². The highest BCUT2D eigenvalue weighted by molar-refractivity contribution is 9.10. The molecule has 6 unspecified atom stereocenters. The van der Waals surface area contributed by atoms with Crippen LogP contribution in [0.25, 0.3) is 12.2 Å². The van der Waals surface area contributed by atoms with E-state index in [0.717, 1.165) is 26.1 Å². The first-order valence-corrected chi connectivity index (χ1v) is 12.4. The third kappa shape index (κ3) is 3.89. The summed E-state index contributed by atoms with van der Waals surface area (Å²) in [7, 11) is 0. The Hall–Kier alpha value is -1.24. The van der Waals surface area contributed by atoms with Crippen molar-refractivity contribution in [2.75, 3.05) is 13.2 Å². The number of fused-ring (bicyclic) bond motifs is 2. The zero-order valence-corrected chi connectivity index (χ0v) is 20.2. The third-order valence-corrected chi connectivity index (χ3v) is 8.74. The van der Waals surface area contributed by atoms with E-state index in [9.17, 15) is 0 Å². The highest BCUT2D eigenvalue weighted by Gasteiger charge is 2.54. The van der Waals surface area contributed by atoms with Crippen molar-refractivity contribution in [3.8, 4) is 0 Å². The number of ether oxygens (including phenoxy) is 3. The summed E-state index contributed by atoms with van der Waals surface area (Å²) in [4.78, 5) is 0. The number of hydrogen-bond acceptors (Lipinski definition) is 3. The molecular weight excluding hydrogens is 520 g/mol. The first kappa shape index (κ1) is 20.4. The lowest BCUT2D eigenvalue weighted by atomic mass is 9.83. The summed E-state index contributed by atoms with van der Waals surface area (Å²) < 4.78 is 17.9. The molecule has 4 aliphatic rings. The summed E-state index contributed by atoms with van der Waals surface area (Å²) in [5.41, 5.74) is 5.21. The van der Waals surface area contributed by atoms with Crippen molar-refractivity contribution in [3.05, 3.63) is 82.9 Å². The molecule has 0 spiro atoms. The number of hydrogen-bond donors (Lipinski definition) is 0. The van der Waals surface area contributed by atoms with Gasteiger partial charge in [-0.1, -0.05) is 105 Å². The highest BCUT2D eigenvalue weighted by atomic mass is 79.9. The topological polar surface area (TPSA) is 34.3 Å². The molecule has 0 N–H and O–H groups in total. The molecule has 2 aromatic rings. The van der Waals surface area contributed by atoms with Crippen LogP contribution in [0.3, 0.4) is 0 Å². The molecule has 3 nitrogen and oxygen atoms in total. The Labute approximate surface area is 199 Å². The van der Waals surface area contributed by atoms with E-state index in [-0.39, 0.29) is 33.1 Å². The molecule has 0 bridgehead atoms. The molecule has 5 heteroatoms. The van der Waals surface area contributed by atoms with Crippen LogP contribution in [-0.2, 0) is 27.1 Å². The average Bonchev–Trinajstić information content (AvgIpc) is 3.68. The molecule has 0 saturated carbocycles. The third-order valence-electron chi connectivity index (χ3n) is 6.75. The Morgan fingerprint density at radius 3 is 1.58 bits per heavy atom. The summed E-state index contributed by atoms with van der Waals surface area (Å²) in [6, 6.07) is 17.1. The zero-order valence-electron chi connectivity index (χ0n) is 17.0. The van der Waals surface area contributed by atoms with Crippen molar-refractivity contribution >= 4 is 44.0 Å². The Balaban J connectivity index is 1.30. The van der Waals surface area contributed by atoms with Gasteiger partial charge in [0.1, 0.15) is 24.4 Å². The molecule has 0 amide bonds. The predicted molar refractivity (Wildman–Crippen MR) is 130 cm³/mol. The molecule has 0 radical (unpaired) electrons. The Morgan fingerprint density at radius 2 is 1.16 bits per heavy atom. The van der Waals surface area contributed by atoms with Crippen LogP contribution in [0.15, 0.2) is 60.7 Å². The number of benzene rings is 2. The van der Waals surface area contributed by atoms with Gasteiger partial charge in [-0.25, -0.2) is 0 Å². The van der Waals surface area contributed by atoms with Crippen molar-refractivity contribution in [2.45, 2.75) is 45.9 Å². The number of alkyl halides is 2. The van der Waals surface area contributed by atoms with Gasteiger partial charge in [-0.3, -0.25) is 0 Å². The molecule has 2 aromatic carbocycles. The van der Waals surface area contributed by atoms with Gasteiger partial charge in [-0.05, 0) is 35.1 Å². The van der Waals surface area contributed by atoms with Gasteiger partial charge in [0.25, 0.3) is 0 Å². The van der Waals surface area contributed by atoms with Crippen molar-refractivity contribution in [2.24, 2.45) is 0 Å². The van der Waals surface area contributed by atoms with Crippen LogP contribution in [0.5, 0.6) is 0 Å². The average molecular weight is 544 g/mol. The molecule has 2 aliphatic carbocycles. The second-order valence-electron chi connectivity index (χ2n) is 8.99. The fraction of sp³-hybridized carbons (Fsp3) is 0.385. The summed E-state index contributed by atoms with van der Waals surface area (Å²) in [5, 5.41) is 0. The minimum Gasteiger partial charge on any atom is -0.370 e. The van der Waals surface area contributed by atoms with Crippen LogP contribution in [0.4, 0.5) is 0 Å². The van der Waals surface area contributed by atoms with Gasteiger partial charge in [0.15, 0.2) is 0 Å². The van der Waals surface area contributed by atoms with Gasteiger partial charge in [0.2, 0.25) is 0 Å². The first-order valence-electron chi connectivity index (χ1n) is 10.8. The van der Waals surface area contributed by atoms with Crippen molar-refractivity contribution < 1.29 is 14.2 Å². The van der Waals surface area contributed by atoms with Crippen molar-refractivity contribution in [3.63, 3.8) is 0 Å². The summed E-state index contributed by atoms with van der Waals surface area (Å²) >= 11 is 8.14. The summed E-state index contributed by atoms with van der Waals surface area (Å²) in [6.07, 6.45) is 10.6. The number of epoxide rings is 2. The molecule has 2 aliphatic heterocycles. The minimum atomic E-state index is -0.310. The van der Waals surface area contributed by atoms with E-state index in [1.165, 1.54) is 22.3 Å². The quantitative estimate of drug-likeness (QED) is 0.364. The molecule has 160 valence electrons. The molecule has 2 heterocycles. The van der Waals surface area contributed by atoms with Gasteiger partial charge in [-0.15, -0.1) is 0 Å². The molecule has 6 atom stereocenters. The first-order chi connectivity index (χ1) is 15.0. The Kier molecular flexibility index (Phi) is 5.04. The minimum absolute atomic E-state index is 0.0893. The van der Waals surface area contributed by atoms with Gasteiger partial charge in [0, 0.05) is 0 Å². The van der Waals surface area contributed by atoms with Crippen LogP contribution in [0.1, 0.15) is 22.3 Å². The monoisotopic (exact) mass is 542 g/mol. The smallest absolute Gasteiger partial charge is 0.109 e. The fourth-order valence-corrected chi connectivity index (χ4v) is 6.58. The van der Waals surface area contributed by atoms with E-state index in [1.807, 2.05) is 0 Å². The van der Waals surface area contributed by atoms with Crippen LogP contribution < -0.4 is 0 Å². The molecule has 0 aromatic heterocycles. The largest absolute Gasteiger partial charge is 0.370 e. The lowest BCUT2D eigenvalue weighted by Gasteiger charge is -2.42. The predicted octanol–water partition coefficient (Wildman–Crippen LogP) is 5.34. The molecule has 6 rings (SSSR count). The molecule has 2 fully saturated rings. The van der Waals surface area contributed by atoms with Gasteiger partial charge < -0.3 is 14.2 Å². The van der Waals surface area contributed by atoms with Crippen LogP contribution >= 0.6 is 31.9 Å². The second-order valence-corrected chi connectivity index (χ2v) is 11.9. The standard InChI is InChI=1S/C26H24Br2O3/c27-25(11-9-17-5-1-3-7-19(17)13-25)23(21-15-29-21)31-24(22-16-30-22)26(28)12-10-18-6-2-4-8-20(18)14-26/h1-12,21-24H,13-16H2. The van der Waals surface area contributed by atoms with Crippen molar-refractivity contribution in [1.82, 2.24) is 0 Å². The summed E-state index contributed by atoms with van der Waals surface area (Å²) in [6.45, 7) is 1.47. The van der Waals surface area contributed by atoms with Gasteiger partial charge in [-0.2, -0.15) is 0 Å². The normalized spacial score (nSPS) is 34.5. The van der Waals surface area contributed by atoms with Crippen LogP contribution in [0, 0.1) is 0 Å². The van der Waals surface area contributed by atoms with Crippen LogP contribution in [-0.4, -0.2) is 46.3 Å². The van der Waals surface area contributed by atoms with E-state index >= 15 is 0 Å². The number of halogens is 2. The maximum absolute atomic E-state index is 6.97. The van der Waals surface area contributed by atoms with E-state index in [4.69, 9.17) is 14.2 Å². The van der Waals surface area contributed by atoms with E-state index in [1.54, 1.807) is 0 Å².